The lowest BCUT2D eigenvalue weighted by Crippen LogP contribution is -2.52. The lowest BCUT2D eigenvalue weighted by molar-refractivity contribution is 0.0884. The lowest BCUT2D eigenvalue weighted by atomic mass is 9.90. The van der Waals surface area contributed by atoms with E-state index in [2.05, 4.69) is 10.6 Å². The fourth-order valence-corrected chi connectivity index (χ4v) is 2.67. The Morgan fingerprint density at radius 2 is 2.00 bits per heavy atom. The molecule has 0 atom stereocenters. The van der Waals surface area contributed by atoms with Crippen molar-refractivity contribution in [2.75, 3.05) is 13.1 Å². The number of nitrogens with one attached hydrogen (secondary N) is 2. The van der Waals surface area contributed by atoms with E-state index in [9.17, 15) is 9.59 Å². The number of rotatable bonds is 2. The van der Waals surface area contributed by atoms with Gasteiger partial charge in [-0.05, 0) is 45.0 Å². The Morgan fingerprint density at radius 1 is 1.29 bits per heavy atom. The molecule has 1 fully saturated rings. The van der Waals surface area contributed by atoms with Crippen molar-refractivity contribution in [3.05, 3.63) is 46.3 Å². The van der Waals surface area contributed by atoms with Gasteiger partial charge in [0.15, 0.2) is 0 Å². The van der Waals surface area contributed by atoms with Crippen molar-refractivity contribution >= 4 is 16.9 Å². The first kappa shape index (κ1) is 13.8. The Kier molecular flexibility index (Phi) is 3.51. The zero-order valence-corrected chi connectivity index (χ0v) is 11.9. The Bertz CT molecular complexity index is 730. The van der Waals surface area contributed by atoms with E-state index >= 15 is 0 Å². The molecule has 0 saturated carbocycles. The second-order valence-electron chi connectivity index (χ2n) is 5.75. The molecule has 2 aromatic rings. The maximum atomic E-state index is 12.4. The molecule has 1 aromatic heterocycles. The van der Waals surface area contributed by atoms with Crippen molar-refractivity contribution in [1.82, 2.24) is 10.6 Å². The van der Waals surface area contributed by atoms with Crippen LogP contribution in [0.1, 0.15) is 30.1 Å². The first-order chi connectivity index (χ1) is 10.1. The number of hydrogen-bond donors (Lipinski definition) is 2. The maximum absolute atomic E-state index is 12.4. The minimum atomic E-state index is -0.594. The van der Waals surface area contributed by atoms with Gasteiger partial charge in [0.25, 0.3) is 5.91 Å². The maximum Gasteiger partial charge on any atom is 0.349 e. The Morgan fingerprint density at radius 3 is 2.76 bits per heavy atom. The summed E-state index contributed by atoms with van der Waals surface area (Å²) in [6.07, 6.45) is 1.69. The molecule has 0 bridgehead atoms. The van der Waals surface area contributed by atoms with Crippen LogP contribution in [0.3, 0.4) is 0 Å². The van der Waals surface area contributed by atoms with Gasteiger partial charge < -0.3 is 15.1 Å². The number of hydrogen-bond acceptors (Lipinski definition) is 4. The van der Waals surface area contributed by atoms with Gasteiger partial charge in [-0.15, -0.1) is 0 Å². The van der Waals surface area contributed by atoms with E-state index in [1.807, 2.05) is 19.1 Å². The Hall–Kier alpha value is -2.14. The normalized spacial score (nSPS) is 17.6. The Labute approximate surface area is 122 Å². The van der Waals surface area contributed by atoms with E-state index in [0.29, 0.717) is 5.58 Å². The van der Waals surface area contributed by atoms with Crippen LogP contribution in [-0.4, -0.2) is 24.5 Å². The summed E-state index contributed by atoms with van der Waals surface area (Å²) in [5, 5.41) is 6.98. The second-order valence-corrected chi connectivity index (χ2v) is 5.75. The topological polar surface area (TPSA) is 71.3 Å². The van der Waals surface area contributed by atoms with Crippen molar-refractivity contribution in [1.29, 1.82) is 0 Å². The van der Waals surface area contributed by atoms with Gasteiger partial charge in [-0.2, -0.15) is 0 Å². The number of fused-ring (bicyclic) bond motifs is 1. The van der Waals surface area contributed by atoms with Crippen molar-refractivity contribution in [3.63, 3.8) is 0 Å². The minimum absolute atomic E-state index is 0.0634. The fraction of sp³-hybridized carbons (Fsp3) is 0.375. The highest BCUT2D eigenvalue weighted by Crippen LogP contribution is 2.18. The fourth-order valence-electron chi connectivity index (χ4n) is 2.67. The molecule has 21 heavy (non-hydrogen) atoms. The summed E-state index contributed by atoms with van der Waals surface area (Å²) < 4.78 is 5.21. The third-order valence-electron chi connectivity index (χ3n) is 4.01. The van der Waals surface area contributed by atoms with Gasteiger partial charge in [0, 0.05) is 10.9 Å². The van der Waals surface area contributed by atoms with E-state index < -0.39 is 5.63 Å². The first-order valence-electron chi connectivity index (χ1n) is 7.14. The highest BCUT2D eigenvalue weighted by Gasteiger charge is 2.29. The van der Waals surface area contributed by atoms with Crippen LogP contribution in [0.4, 0.5) is 0 Å². The van der Waals surface area contributed by atoms with Crippen LogP contribution in [0.2, 0.25) is 0 Å². The average molecular weight is 286 g/mol. The van der Waals surface area contributed by atoms with E-state index in [1.54, 1.807) is 18.2 Å². The molecule has 0 aliphatic carbocycles. The van der Waals surface area contributed by atoms with Crippen LogP contribution in [0.25, 0.3) is 11.0 Å². The third kappa shape index (κ3) is 2.83. The summed E-state index contributed by atoms with van der Waals surface area (Å²) in [6, 6.07) is 8.77. The van der Waals surface area contributed by atoms with Crippen LogP contribution in [-0.2, 0) is 0 Å². The molecule has 1 saturated heterocycles. The van der Waals surface area contributed by atoms with Gasteiger partial charge >= 0.3 is 5.63 Å². The standard InChI is InChI=1S/C16H18N2O3/c1-16(6-8-17-9-7-16)18-14(19)12-10-11-4-2-3-5-13(11)21-15(12)20/h2-5,10,17H,6-9H2,1H3,(H,18,19). The summed E-state index contributed by atoms with van der Waals surface area (Å²) >= 11 is 0. The molecule has 110 valence electrons. The molecule has 0 radical (unpaired) electrons. The molecule has 1 aromatic carbocycles. The number of piperidine rings is 1. The van der Waals surface area contributed by atoms with Gasteiger partial charge in [0.05, 0.1) is 0 Å². The number of amides is 1. The monoisotopic (exact) mass is 286 g/mol. The molecule has 0 unspecified atom stereocenters. The molecule has 1 aliphatic heterocycles. The van der Waals surface area contributed by atoms with E-state index in [-0.39, 0.29) is 17.0 Å². The molecule has 0 spiro atoms. The van der Waals surface area contributed by atoms with Crippen molar-refractivity contribution < 1.29 is 9.21 Å². The quantitative estimate of drug-likeness (QED) is 0.824. The zero-order valence-electron chi connectivity index (χ0n) is 11.9. The molecule has 5 heteroatoms. The van der Waals surface area contributed by atoms with Crippen LogP contribution in [0.15, 0.2) is 39.5 Å². The lowest BCUT2D eigenvalue weighted by Gasteiger charge is -2.34. The van der Waals surface area contributed by atoms with Crippen molar-refractivity contribution in [2.24, 2.45) is 0 Å². The van der Waals surface area contributed by atoms with E-state index in [4.69, 9.17) is 4.42 Å². The van der Waals surface area contributed by atoms with Crippen LogP contribution >= 0.6 is 0 Å². The first-order valence-corrected chi connectivity index (χ1v) is 7.14. The highest BCUT2D eigenvalue weighted by atomic mass is 16.4. The average Bonchev–Trinajstić information content (AvgIpc) is 2.46. The van der Waals surface area contributed by atoms with Crippen molar-refractivity contribution in [2.45, 2.75) is 25.3 Å². The smallest absolute Gasteiger partial charge is 0.349 e. The highest BCUT2D eigenvalue weighted by molar-refractivity contribution is 5.97. The van der Waals surface area contributed by atoms with Crippen LogP contribution in [0.5, 0.6) is 0 Å². The summed E-state index contributed by atoms with van der Waals surface area (Å²) in [5.74, 6) is -0.362. The van der Waals surface area contributed by atoms with Gasteiger partial charge in [0.1, 0.15) is 11.1 Å². The largest absolute Gasteiger partial charge is 0.422 e. The third-order valence-corrected chi connectivity index (χ3v) is 4.01. The molecule has 3 rings (SSSR count). The molecule has 2 heterocycles. The number of carbonyl (C=O) groups excluding carboxylic acids is 1. The summed E-state index contributed by atoms with van der Waals surface area (Å²) in [7, 11) is 0. The van der Waals surface area contributed by atoms with Crippen LogP contribution < -0.4 is 16.3 Å². The molecule has 1 aliphatic rings. The van der Waals surface area contributed by atoms with E-state index in [1.165, 1.54) is 0 Å². The van der Waals surface area contributed by atoms with Gasteiger partial charge in [0.2, 0.25) is 0 Å². The molecular formula is C16H18N2O3. The number of benzene rings is 1. The SMILES string of the molecule is CC1(NC(=O)c2cc3ccccc3oc2=O)CCNCC1. The van der Waals surface area contributed by atoms with E-state index in [0.717, 1.165) is 31.3 Å². The van der Waals surface area contributed by atoms with Gasteiger partial charge in [-0.25, -0.2) is 4.79 Å². The zero-order chi connectivity index (χ0) is 14.9. The molecule has 1 amide bonds. The number of para-hydroxylation sites is 1. The van der Waals surface area contributed by atoms with Crippen molar-refractivity contribution in [3.8, 4) is 0 Å². The predicted octanol–water partition coefficient (Wildman–Crippen LogP) is 1.66. The molecule has 5 nitrogen and oxygen atoms in total. The second kappa shape index (κ2) is 5.33. The van der Waals surface area contributed by atoms with Gasteiger partial charge in [-0.1, -0.05) is 18.2 Å². The molecule has 2 N–H and O–H groups in total. The van der Waals surface area contributed by atoms with Gasteiger partial charge in [-0.3, -0.25) is 4.79 Å². The summed E-state index contributed by atoms with van der Waals surface area (Å²) in [4.78, 5) is 24.4. The summed E-state index contributed by atoms with van der Waals surface area (Å²) in [6.45, 7) is 3.74. The Balaban J connectivity index is 1.90. The summed E-state index contributed by atoms with van der Waals surface area (Å²) in [5.41, 5.74) is -0.315. The minimum Gasteiger partial charge on any atom is -0.422 e. The molecular weight excluding hydrogens is 268 g/mol. The van der Waals surface area contributed by atoms with Crippen LogP contribution in [0, 0.1) is 0 Å². The predicted molar refractivity (Wildman–Crippen MR) is 80.5 cm³/mol. The number of carbonyl (C=O) groups is 1.